The van der Waals surface area contributed by atoms with E-state index < -0.39 is 17.4 Å². The average Bonchev–Trinajstić information content (AvgIpc) is 2.72. The van der Waals surface area contributed by atoms with Crippen LogP contribution in [0.1, 0.15) is 40.5 Å². The molecule has 1 saturated heterocycles. The van der Waals surface area contributed by atoms with Crippen molar-refractivity contribution >= 4 is 11.9 Å². The van der Waals surface area contributed by atoms with Crippen molar-refractivity contribution in [2.45, 2.75) is 46.6 Å². The van der Waals surface area contributed by atoms with E-state index in [9.17, 15) is 14.7 Å². The Labute approximate surface area is 115 Å². The summed E-state index contributed by atoms with van der Waals surface area (Å²) >= 11 is 0. The standard InChI is InChI=1S/C14H26N2O3/c1-9(2)7-11(15)12(17)16-6-5-14(8-16,10(3)4)13(18)19/h9-11H,5-8,15H2,1-4H3,(H,18,19)/t11-,14?/m0/s1. The fourth-order valence-electron chi connectivity index (χ4n) is 2.76. The molecule has 1 heterocycles. The van der Waals surface area contributed by atoms with Crippen molar-refractivity contribution < 1.29 is 14.7 Å². The van der Waals surface area contributed by atoms with Crippen molar-refractivity contribution in [2.75, 3.05) is 13.1 Å². The normalized spacial score (nSPS) is 25.1. The number of hydrogen-bond donors (Lipinski definition) is 2. The van der Waals surface area contributed by atoms with Crippen molar-refractivity contribution in [1.82, 2.24) is 4.90 Å². The van der Waals surface area contributed by atoms with Gasteiger partial charge in [0.25, 0.3) is 0 Å². The quantitative estimate of drug-likeness (QED) is 0.789. The molecule has 0 saturated carbocycles. The van der Waals surface area contributed by atoms with Gasteiger partial charge < -0.3 is 15.7 Å². The van der Waals surface area contributed by atoms with Crippen LogP contribution in [0.5, 0.6) is 0 Å². The molecule has 1 amide bonds. The molecule has 19 heavy (non-hydrogen) atoms. The summed E-state index contributed by atoms with van der Waals surface area (Å²) in [7, 11) is 0. The maximum atomic E-state index is 12.2. The minimum atomic E-state index is -0.812. The van der Waals surface area contributed by atoms with Gasteiger partial charge in [0.1, 0.15) is 0 Å². The predicted octanol–water partition coefficient (Wildman–Crippen LogP) is 1.32. The average molecular weight is 270 g/mol. The van der Waals surface area contributed by atoms with Crippen LogP contribution in [0.2, 0.25) is 0 Å². The minimum Gasteiger partial charge on any atom is -0.481 e. The number of nitrogens with zero attached hydrogens (tertiary/aromatic N) is 1. The molecular weight excluding hydrogens is 244 g/mol. The minimum absolute atomic E-state index is 0.00382. The van der Waals surface area contributed by atoms with Gasteiger partial charge in [-0.1, -0.05) is 27.7 Å². The van der Waals surface area contributed by atoms with Gasteiger partial charge >= 0.3 is 5.97 Å². The number of carboxylic acid groups (broad SMARTS) is 1. The van der Waals surface area contributed by atoms with Crippen molar-refractivity contribution in [2.24, 2.45) is 23.0 Å². The van der Waals surface area contributed by atoms with Gasteiger partial charge in [0.15, 0.2) is 0 Å². The zero-order valence-electron chi connectivity index (χ0n) is 12.3. The first-order valence-electron chi connectivity index (χ1n) is 6.98. The SMILES string of the molecule is CC(C)C[C@H](N)C(=O)N1CCC(C(=O)O)(C(C)C)C1. The van der Waals surface area contributed by atoms with Crippen LogP contribution in [0.25, 0.3) is 0 Å². The van der Waals surface area contributed by atoms with Crippen molar-refractivity contribution in [3.63, 3.8) is 0 Å². The summed E-state index contributed by atoms with van der Waals surface area (Å²) < 4.78 is 0. The van der Waals surface area contributed by atoms with E-state index in [4.69, 9.17) is 5.73 Å². The van der Waals surface area contributed by atoms with Gasteiger partial charge in [0.05, 0.1) is 11.5 Å². The van der Waals surface area contributed by atoms with E-state index in [1.165, 1.54) is 0 Å². The Morgan fingerprint density at radius 2 is 1.89 bits per heavy atom. The molecule has 0 spiro atoms. The molecule has 1 fully saturated rings. The number of hydrogen-bond acceptors (Lipinski definition) is 3. The summed E-state index contributed by atoms with van der Waals surface area (Å²) in [5, 5.41) is 9.45. The fraction of sp³-hybridized carbons (Fsp3) is 0.857. The van der Waals surface area contributed by atoms with E-state index >= 15 is 0 Å². The van der Waals surface area contributed by atoms with Crippen LogP contribution in [-0.4, -0.2) is 41.0 Å². The predicted molar refractivity (Wildman–Crippen MR) is 73.5 cm³/mol. The molecule has 0 radical (unpaired) electrons. The first-order valence-corrected chi connectivity index (χ1v) is 6.98. The van der Waals surface area contributed by atoms with Crippen LogP contribution in [0.4, 0.5) is 0 Å². The molecule has 0 aromatic rings. The molecule has 1 unspecified atom stereocenters. The van der Waals surface area contributed by atoms with Crippen LogP contribution in [0, 0.1) is 17.3 Å². The lowest BCUT2D eigenvalue weighted by Gasteiger charge is -2.29. The van der Waals surface area contributed by atoms with Gasteiger partial charge in [-0.25, -0.2) is 0 Å². The highest BCUT2D eigenvalue weighted by Crippen LogP contribution is 2.38. The monoisotopic (exact) mass is 270 g/mol. The van der Waals surface area contributed by atoms with Crippen LogP contribution in [0.3, 0.4) is 0 Å². The van der Waals surface area contributed by atoms with E-state index in [1.54, 1.807) is 4.90 Å². The number of aliphatic carboxylic acids is 1. The lowest BCUT2D eigenvalue weighted by molar-refractivity contribution is -0.151. The molecule has 1 rings (SSSR count). The Morgan fingerprint density at radius 1 is 1.32 bits per heavy atom. The van der Waals surface area contributed by atoms with Gasteiger partial charge in [0.2, 0.25) is 5.91 Å². The fourth-order valence-corrected chi connectivity index (χ4v) is 2.76. The third kappa shape index (κ3) is 3.26. The Bertz CT molecular complexity index is 355. The van der Waals surface area contributed by atoms with E-state index in [2.05, 4.69) is 0 Å². The summed E-state index contributed by atoms with van der Waals surface area (Å²) in [6, 6.07) is -0.517. The van der Waals surface area contributed by atoms with Crippen LogP contribution >= 0.6 is 0 Å². The second-order valence-electron chi connectivity index (χ2n) is 6.36. The summed E-state index contributed by atoms with van der Waals surface area (Å²) in [6.07, 6.45) is 1.15. The lowest BCUT2D eigenvalue weighted by Crippen LogP contribution is -2.46. The molecule has 1 aliphatic heterocycles. The molecular formula is C14H26N2O3. The van der Waals surface area contributed by atoms with Gasteiger partial charge in [0, 0.05) is 13.1 Å². The van der Waals surface area contributed by atoms with E-state index in [0.29, 0.717) is 25.3 Å². The number of carbonyl (C=O) groups is 2. The Hall–Kier alpha value is -1.10. The van der Waals surface area contributed by atoms with Gasteiger partial charge in [-0.15, -0.1) is 0 Å². The molecule has 5 heteroatoms. The third-order valence-electron chi connectivity index (χ3n) is 4.19. The van der Waals surface area contributed by atoms with Gasteiger partial charge in [-0.2, -0.15) is 0 Å². The van der Waals surface area contributed by atoms with Gasteiger partial charge in [-0.3, -0.25) is 9.59 Å². The second-order valence-corrected chi connectivity index (χ2v) is 6.36. The van der Waals surface area contributed by atoms with E-state index in [1.807, 2.05) is 27.7 Å². The first kappa shape index (κ1) is 16.0. The summed E-state index contributed by atoms with van der Waals surface area (Å²) in [4.78, 5) is 25.4. The zero-order valence-corrected chi connectivity index (χ0v) is 12.3. The summed E-state index contributed by atoms with van der Waals surface area (Å²) in [5.41, 5.74) is 5.09. The van der Waals surface area contributed by atoms with Crippen molar-refractivity contribution in [1.29, 1.82) is 0 Å². The topological polar surface area (TPSA) is 83.6 Å². The zero-order chi connectivity index (χ0) is 14.8. The van der Waals surface area contributed by atoms with Crippen LogP contribution in [-0.2, 0) is 9.59 Å². The lowest BCUT2D eigenvalue weighted by atomic mass is 9.76. The van der Waals surface area contributed by atoms with Crippen molar-refractivity contribution in [3.8, 4) is 0 Å². The van der Waals surface area contributed by atoms with E-state index in [0.717, 1.165) is 0 Å². The molecule has 3 N–H and O–H groups in total. The van der Waals surface area contributed by atoms with E-state index in [-0.39, 0.29) is 18.4 Å². The van der Waals surface area contributed by atoms with Crippen molar-refractivity contribution in [3.05, 3.63) is 0 Å². The number of rotatable bonds is 5. The number of carbonyl (C=O) groups excluding carboxylic acids is 1. The largest absolute Gasteiger partial charge is 0.481 e. The molecule has 1 aliphatic rings. The number of amides is 1. The number of carboxylic acids is 1. The molecule has 0 aliphatic carbocycles. The highest BCUT2D eigenvalue weighted by atomic mass is 16.4. The third-order valence-corrected chi connectivity index (χ3v) is 4.19. The Balaban J connectivity index is 2.74. The summed E-state index contributed by atoms with van der Waals surface area (Å²) in [5.74, 6) is -0.562. The Kier molecular flexibility index (Phi) is 4.96. The smallest absolute Gasteiger partial charge is 0.311 e. The molecule has 2 atom stereocenters. The van der Waals surface area contributed by atoms with Crippen LogP contribution < -0.4 is 5.73 Å². The maximum absolute atomic E-state index is 12.2. The summed E-state index contributed by atoms with van der Waals surface area (Å²) in [6.45, 7) is 8.62. The highest BCUT2D eigenvalue weighted by molar-refractivity contribution is 5.84. The molecule has 0 bridgehead atoms. The van der Waals surface area contributed by atoms with Crippen LogP contribution in [0.15, 0.2) is 0 Å². The highest BCUT2D eigenvalue weighted by Gasteiger charge is 2.48. The molecule has 110 valence electrons. The second kappa shape index (κ2) is 5.90. The van der Waals surface area contributed by atoms with Gasteiger partial charge in [-0.05, 0) is 24.7 Å². The molecule has 0 aromatic carbocycles. The maximum Gasteiger partial charge on any atom is 0.311 e. The molecule has 5 nitrogen and oxygen atoms in total. The number of likely N-dealkylation sites (tertiary alicyclic amines) is 1. The first-order chi connectivity index (χ1) is 8.70. The Morgan fingerprint density at radius 3 is 2.26 bits per heavy atom. The molecule has 0 aromatic heterocycles. The number of nitrogens with two attached hydrogens (primary N) is 1.